The van der Waals surface area contributed by atoms with Gasteiger partial charge in [-0.05, 0) is 13.8 Å². The van der Waals surface area contributed by atoms with E-state index in [1.165, 1.54) is 14.0 Å². The van der Waals surface area contributed by atoms with Crippen LogP contribution in [0.2, 0.25) is 0 Å². The van der Waals surface area contributed by atoms with Crippen molar-refractivity contribution in [3.63, 3.8) is 0 Å². The maximum Gasteiger partial charge on any atom is 0.154 e. The Morgan fingerprint density at radius 3 is 1.88 bits per heavy atom. The summed E-state index contributed by atoms with van der Waals surface area (Å²) in [5, 5.41) is -0.510. The summed E-state index contributed by atoms with van der Waals surface area (Å²) in [5.41, 5.74) is 0. The van der Waals surface area contributed by atoms with Crippen molar-refractivity contribution < 1.29 is 23.8 Å². The number of ether oxygens (including phenoxy) is 3. The van der Waals surface area contributed by atoms with Crippen molar-refractivity contribution in [2.24, 2.45) is 0 Å². The number of rotatable bonds is 7. The van der Waals surface area contributed by atoms with Gasteiger partial charge in [-0.25, -0.2) is 0 Å². The van der Waals surface area contributed by atoms with Gasteiger partial charge in [-0.2, -0.15) is 12.6 Å². The third-order valence-corrected chi connectivity index (χ3v) is 2.43. The minimum atomic E-state index is -0.510. The Morgan fingerprint density at radius 2 is 1.71 bits per heavy atom. The number of Topliss-reactive ketones (excluding diaryl/α,β-unsaturated/α-hetero) is 1. The SMILES string of the molecule is COC(C)OC.COC(CC(C)=O)C(S)C=O. The summed E-state index contributed by atoms with van der Waals surface area (Å²) in [4.78, 5) is 20.8. The van der Waals surface area contributed by atoms with E-state index in [0.717, 1.165) is 0 Å². The molecular weight excluding hydrogens is 244 g/mol. The second-order valence-electron chi connectivity index (χ2n) is 3.35. The van der Waals surface area contributed by atoms with Crippen LogP contribution < -0.4 is 0 Å². The highest BCUT2D eigenvalue weighted by Crippen LogP contribution is 2.07. The van der Waals surface area contributed by atoms with Gasteiger partial charge in [-0.15, -0.1) is 0 Å². The zero-order chi connectivity index (χ0) is 13.8. The second-order valence-corrected chi connectivity index (χ2v) is 3.94. The van der Waals surface area contributed by atoms with E-state index >= 15 is 0 Å². The van der Waals surface area contributed by atoms with Crippen LogP contribution in [0, 0.1) is 0 Å². The number of aldehydes is 1. The molecule has 0 rings (SSSR count). The van der Waals surface area contributed by atoms with Crippen LogP contribution in [-0.4, -0.2) is 51.0 Å². The van der Waals surface area contributed by atoms with Gasteiger partial charge >= 0.3 is 0 Å². The number of carbonyl (C=O) groups is 2. The summed E-state index contributed by atoms with van der Waals surface area (Å²) >= 11 is 3.93. The summed E-state index contributed by atoms with van der Waals surface area (Å²) in [7, 11) is 4.67. The molecule has 0 N–H and O–H groups in total. The molecule has 0 saturated carbocycles. The number of methoxy groups -OCH3 is 3. The van der Waals surface area contributed by atoms with Crippen LogP contribution in [-0.2, 0) is 23.8 Å². The van der Waals surface area contributed by atoms with Gasteiger partial charge in [0.25, 0.3) is 0 Å². The zero-order valence-electron chi connectivity index (χ0n) is 11.0. The molecule has 0 aromatic rings. The smallest absolute Gasteiger partial charge is 0.154 e. The molecule has 6 heteroatoms. The summed E-state index contributed by atoms with van der Waals surface area (Å²) in [6.45, 7) is 3.29. The van der Waals surface area contributed by atoms with E-state index in [4.69, 9.17) is 4.74 Å². The van der Waals surface area contributed by atoms with Gasteiger partial charge in [0.15, 0.2) is 6.29 Å². The molecule has 0 fully saturated rings. The average Bonchev–Trinajstić information content (AvgIpc) is 2.34. The largest absolute Gasteiger partial charge is 0.379 e. The zero-order valence-corrected chi connectivity index (χ0v) is 11.9. The molecule has 0 aliphatic heterocycles. The van der Waals surface area contributed by atoms with Crippen molar-refractivity contribution in [1.29, 1.82) is 0 Å². The lowest BCUT2D eigenvalue weighted by Crippen LogP contribution is -2.26. The molecule has 0 amide bonds. The van der Waals surface area contributed by atoms with Crippen LogP contribution in [0.25, 0.3) is 0 Å². The van der Waals surface area contributed by atoms with Crippen molar-refractivity contribution in [1.82, 2.24) is 0 Å². The molecule has 0 spiro atoms. The van der Waals surface area contributed by atoms with E-state index in [1.54, 1.807) is 14.2 Å². The fourth-order valence-electron chi connectivity index (χ4n) is 0.811. The first-order valence-electron chi connectivity index (χ1n) is 5.14. The minimum absolute atomic E-state index is 0.00208. The lowest BCUT2D eigenvalue weighted by molar-refractivity contribution is -0.119. The molecule has 2 unspecified atom stereocenters. The highest BCUT2D eigenvalue weighted by Gasteiger charge is 2.18. The molecule has 0 aliphatic carbocycles. The molecule has 0 heterocycles. The van der Waals surface area contributed by atoms with E-state index in [1.807, 2.05) is 6.92 Å². The number of hydrogen-bond donors (Lipinski definition) is 1. The molecule has 0 aliphatic rings. The van der Waals surface area contributed by atoms with Gasteiger partial charge in [-0.3, -0.25) is 4.79 Å². The standard InChI is InChI=1S/C7H12O3S.C4H10O2/c1-5(9)3-6(10-2)7(11)4-8;1-4(5-2)6-3/h4,6-7,11H,3H2,1-2H3;4H,1-3H3. The Balaban J connectivity index is 0. The van der Waals surface area contributed by atoms with Crippen molar-refractivity contribution in [3.8, 4) is 0 Å². The topological polar surface area (TPSA) is 61.8 Å². The first-order chi connectivity index (χ1) is 7.92. The number of thiol groups is 1. The van der Waals surface area contributed by atoms with Gasteiger partial charge in [0.2, 0.25) is 0 Å². The molecule has 102 valence electrons. The molecule has 17 heavy (non-hydrogen) atoms. The third-order valence-electron chi connectivity index (χ3n) is 1.98. The second kappa shape index (κ2) is 12.0. The van der Waals surface area contributed by atoms with Gasteiger partial charge in [0.05, 0.1) is 11.4 Å². The van der Waals surface area contributed by atoms with Crippen LogP contribution in [0.1, 0.15) is 20.3 Å². The van der Waals surface area contributed by atoms with Gasteiger partial charge in [-0.1, -0.05) is 0 Å². The van der Waals surface area contributed by atoms with Crippen LogP contribution in [0.5, 0.6) is 0 Å². The Kier molecular flexibility index (Phi) is 13.4. The van der Waals surface area contributed by atoms with Gasteiger partial charge in [0.1, 0.15) is 12.1 Å². The average molecular weight is 266 g/mol. The Hall–Kier alpha value is -0.430. The van der Waals surface area contributed by atoms with E-state index in [-0.39, 0.29) is 18.5 Å². The van der Waals surface area contributed by atoms with Crippen molar-refractivity contribution in [3.05, 3.63) is 0 Å². The molecule has 0 aromatic carbocycles. The van der Waals surface area contributed by atoms with Crippen LogP contribution in [0.4, 0.5) is 0 Å². The monoisotopic (exact) mass is 266 g/mol. The molecule has 0 bridgehead atoms. The van der Waals surface area contributed by atoms with Crippen molar-refractivity contribution in [2.45, 2.75) is 37.9 Å². The van der Waals surface area contributed by atoms with Crippen LogP contribution in [0.3, 0.4) is 0 Å². The fraction of sp³-hybridized carbons (Fsp3) is 0.818. The quantitative estimate of drug-likeness (QED) is 0.425. The minimum Gasteiger partial charge on any atom is -0.379 e. The lowest BCUT2D eigenvalue weighted by Gasteiger charge is -2.15. The number of ketones is 1. The predicted octanol–water partition coefficient (Wildman–Crippen LogP) is 1.10. The predicted molar refractivity (Wildman–Crippen MR) is 68.4 cm³/mol. The van der Waals surface area contributed by atoms with Crippen LogP contribution >= 0.6 is 12.6 Å². The molecule has 0 saturated heterocycles. The summed E-state index contributed by atoms with van der Waals surface area (Å²) < 4.78 is 14.2. The molecule has 5 nitrogen and oxygen atoms in total. The Labute approximate surface area is 108 Å². The maximum atomic E-state index is 10.6. The van der Waals surface area contributed by atoms with E-state index in [0.29, 0.717) is 6.29 Å². The Bertz CT molecular complexity index is 206. The maximum absolute atomic E-state index is 10.6. The van der Waals surface area contributed by atoms with Crippen molar-refractivity contribution in [2.75, 3.05) is 21.3 Å². The summed E-state index contributed by atoms with van der Waals surface area (Å²) in [6, 6.07) is 0. The molecule has 0 radical (unpaired) electrons. The highest BCUT2D eigenvalue weighted by atomic mass is 32.1. The normalized spacial score (nSPS) is 13.6. The number of hydrogen-bond acceptors (Lipinski definition) is 6. The first-order valence-corrected chi connectivity index (χ1v) is 5.65. The lowest BCUT2D eigenvalue weighted by atomic mass is 10.1. The first kappa shape index (κ1) is 18.9. The van der Waals surface area contributed by atoms with E-state index in [9.17, 15) is 9.59 Å². The summed E-state index contributed by atoms with van der Waals surface area (Å²) in [5.74, 6) is -0.00208. The van der Waals surface area contributed by atoms with Crippen molar-refractivity contribution >= 4 is 24.7 Å². The van der Waals surface area contributed by atoms with Crippen LogP contribution in [0.15, 0.2) is 0 Å². The molecule has 2 atom stereocenters. The third kappa shape index (κ3) is 11.8. The molecule has 0 aromatic heterocycles. The highest BCUT2D eigenvalue weighted by molar-refractivity contribution is 7.81. The number of carbonyl (C=O) groups excluding carboxylic acids is 2. The van der Waals surface area contributed by atoms with Gasteiger partial charge in [0, 0.05) is 27.8 Å². The van der Waals surface area contributed by atoms with E-state index in [2.05, 4.69) is 22.1 Å². The fourth-order valence-corrected chi connectivity index (χ4v) is 1.04. The molecular formula is C11H22O5S. The summed E-state index contributed by atoms with van der Waals surface area (Å²) in [6.07, 6.45) is 0.446. The Morgan fingerprint density at radius 1 is 1.24 bits per heavy atom. The van der Waals surface area contributed by atoms with E-state index < -0.39 is 11.4 Å². The van der Waals surface area contributed by atoms with Gasteiger partial charge < -0.3 is 19.0 Å².